The van der Waals surface area contributed by atoms with E-state index in [2.05, 4.69) is 20.5 Å². The van der Waals surface area contributed by atoms with Gasteiger partial charge in [-0.05, 0) is 69.5 Å². The molecule has 3 aliphatic heterocycles. The highest BCUT2D eigenvalue weighted by Crippen LogP contribution is 2.47. The van der Waals surface area contributed by atoms with Gasteiger partial charge in [0.25, 0.3) is 6.29 Å². The molecule has 0 amide bonds. The summed E-state index contributed by atoms with van der Waals surface area (Å²) in [4.78, 5) is 18.5. The zero-order valence-corrected chi connectivity index (χ0v) is 22.6. The van der Waals surface area contributed by atoms with Crippen LogP contribution in [0.3, 0.4) is 0 Å². The molecule has 0 radical (unpaired) electrons. The molecule has 0 saturated carbocycles. The second kappa shape index (κ2) is 11.0. The molecule has 2 fully saturated rings. The molecule has 2 atom stereocenters. The molecular formula is C30H32ClN3O5. The van der Waals surface area contributed by atoms with E-state index in [0.717, 1.165) is 67.5 Å². The minimum atomic E-state index is -0.924. The highest BCUT2D eigenvalue weighted by atomic mass is 35.5. The topological polar surface area (TPSA) is 86.0 Å². The predicted octanol–water partition coefficient (Wildman–Crippen LogP) is 5.66. The van der Waals surface area contributed by atoms with Crippen LogP contribution in [0.25, 0.3) is 6.08 Å². The van der Waals surface area contributed by atoms with E-state index < -0.39 is 12.3 Å². The first-order chi connectivity index (χ1) is 18.9. The van der Waals surface area contributed by atoms with Gasteiger partial charge in [0.15, 0.2) is 11.5 Å². The number of aromatic nitrogens is 2. The fourth-order valence-corrected chi connectivity index (χ4v) is 5.60. The summed E-state index contributed by atoms with van der Waals surface area (Å²) in [5.74, 6) is 2.03. The van der Waals surface area contributed by atoms with E-state index in [1.807, 2.05) is 36.4 Å². The van der Waals surface area contributed by atoms with Crippen LogP contribution in [-0.2, 0) is 22.6 Å². The third-order valence-corrected chi connectivity index (χ3v) is 8.11. The molecule has 0 unspecified atom stereocenters. The minimum Gasteiger partial charge on any atom is -0.478 e. The molecule has 0 aliphatic carbocycles. The Morgan fingerprint density at radius 1 is 1.13 bits per heavy atom. The monoisotopic (exact) mass is 549 g/mol. The molecular weight excluding hydrogens is 518 g/mol. The summed E-state index contributed by atoms with van der Waals surface area (Å²) in [6, 6.07) is 13.7. The van der Waals surface area contributed by atoms with Crippen LogP contribution in [-0.4, -0.2) is 51.3 Å². The van der Waals surface area contributed by atoms with Crippen LogP contribution in [0.4, 0.5) is 0 Å². The van der Waals surface area contributed by atoms with E-state index in [0.29, 0.717) is 24.0 Å². The van der Waals surface area contributed by atoms with Gasteiger partial charge in [-0.3, -0.25) is 4.90 Å². The van der Waals surface area contributed by atoms with Gasteiger partial charge in [-0.15, -0.1) is 0 Å². The molecule has 2 saturated heterocycles. The first-order valence-electron chi connectivity index (χ1n) is 13.5. The number of hydrogen-bond donors (Lipinski definition) is 1. The summed E-state index contributed by atoms with van der Waals surface area (Å²) in [5.41, 5.74) is 3.23. The van der Waals surface area contributed by atoms with Gasteiger partial charge in [-0.25, -0.2) is 9.78 Å². The van der Waals surface area contributed by atoms with Crippen LogP contribution < -0.4 is 9.47 Å². The Morgan fingerprint density at radius 3 is 2.59 bits per heavy atom. The van der Waals surface area contributed by atoms with Crippen molar-refractivity contribution in [2.45, 2.75) is 57.6 Å². The maximum absolute atomic E-state index is 11.4. The summed E-state index contributed by atoms with van der Waals surface area (Å²) < 4.78 is 20.2. The Kier molecular flexibility index (Phi) is 7.34. The number of benzene rings is 2. The SMILES string of the molecule is C/C(=C\c1cnc(CN2CCC(c3cccc4c3O[C@H](c3ccc(Cl)cc3)O4)CC2)n1C[C@@H]1CCO1)C(=O)O. The first kappa shape index (κ1) is 25.9. The van der Waals surface area contributed by atoms with E-state index in [9.17, 15) is 9.90 Å². The number of rotatable bonds is 8. The molecule has 8 nitrogen and oxygen atoms in total. The molecule has 204 valence electrons. The third-order valence-electron chi connectivity index (χ3n) is 7.85. The van der Waals surface area contributed by atoms with Crippen molar-refractivity contribution in [2.75, 3.05) is 19.7 Å². The molecule has 0 bridgehead atoms. The van der Waals surface area contributed by atoms with Gasteiger partial charge >= 0.3 is 5.97 Å². The van der Waals surface area contributed by atoms with Crippen molar-refractivity contribution in [3.63, 3.8) is 0 Å². The number of fused-ring (bicyclic) bond motifs is 1. The van der Waals surface area contributed by atoms with Gasteiger partial charge in [0.1, 0.15) is 5.82 Å². The molecule has 3 aliphatic rings. The van der Waals surface area contributed by atoms with Gasteiger partial charge in [0, 0.05) is 28.3 Å². The lowest BCUT2D eigenvalue weighted by molar-refractivity contribution is -0.132. The van der Waals surface area contributed by atoms with Crippen LogP contribution in [0.5, 0.6) is 11.5 Å². The lowest BCUT2D eigenvalue weighted by Crippen LogP contribution is -2.35. The molecule has 2 aromatic carbocycles. The van der Waals surface area contributed by atoms with E-state index in [4.69, 9.17) is 25.8 Å². The number of halogens is 1. The number of carbonyl (C=O) groups is 1. The Balaban J connectivity index is 1.13. The number of para-hydroxylation sites is 1. The van der Waals surface area contributed by atoms with Crippen molar-refractivity contribution < 1.29 is 24.1 Å². The number of nitrogens with zero attached hydrogens (tertiary/aromatic N) is 3. The molecule has 1 N–H and O–H groups in total. The average Bonchev–Trinajstić information content (AvgIpc) is 3.51. The van der Waals surface area contributed by atoms with Crippen molar-refractivity contribution in [3.8, 4) is 11.5 Å². The normalized spacial score (nSPS) is 21.6. The van der Waals surface area contributed by atoms with Crippen LogP contribution >= 0.6 is 11.6 Å². The van der Waals surface area contributed by atoms with Crippen LogP contribution in [0.15, 0.2) is 54.2 Å². The van der Waals surface area contributed by atoms with Gasteiger partial charge in [-0.2, -0.15) is 0 Å². The van der Waals surface area contributed by atoms with E-state index >= 15 is 0 Å². The minimum absolute atomic E-state index is 0.153. The second-order valence-corrected chi connectivity index (χ2v) is 10.9. The van der Waals surface area contributed by atoms with Gasteiger partial charge in [0.05, 0.1) is 31.1 Å². The van der Waals surface area contributed by atoms with Crippen LogP contribution in [0, 0.1) is 0 Å². The number of carboxylic acids is 1. The molecule has 6 rings (SSSR count). The smallest absolute Gasteiger partial charge is 0.331 e. The number of piperidine rings is 1. The molecule has 39 heavy (non-hydrogen) atoms. The Hall–Kier alpha value is -3.33. The summed E-state index contributed by atoms with van der Waals surface area (Å²) in [5, 5.41) is 10.0. The highest BCUT2D eigenvalue weighted by Gasteiger charge is 2.32. The largest absolute Gasteiger partial charge is 0.478 e. The zero-order valence-electron chi connectivity index (χ0n) is 21.9. The zero-order chi connectivity index (χ0) is 26.9. The maximum atomic E-state index is 11.4. The third kappa shape index (κ3) is 5.55. The molecule has 0 spiro atoms. The van der Waals surface area contributed by atoms with Crippen LogP contribution in [0.2, 0.25) is 5.02 Å². The Morgan fingerprint density at radius 2 is 1.90 bits per heavy atom. The lowest BCUT2D eigenvalue weighted by atomic mass is 9.88. The van der Waals surface area contributed by atoms with E-state index in [1.54, 1.807) is 19.2 Å². The number of ether oxygens (including phenoxy) is 3. The summed E-state index contributed by atoms with van der Waals surface area (Å²) in [6.07, 6.45) is 6.17. The van der Waals surface area contributed by atoms with Crippen molar-refractivity contribution in [3.05, 3.63) is 81.9 Å². The molecule has 4 heterocycles. The molecule has 9 heteroatoms. The Labute approximate surface area is 232 Å². The Bertz CT molecular complexity index is 1370. The predicted molar refractivity (Wildman–Crippen MR) is 147 cm³/mol. The van der Waals surface area contributed by atoms with Crippen molar-refractivity contribution in [2.24, 2.45) is 0 Å². The number of carboxylic acid groups (broad SMARTS) is 1. The van der Waals surface area contributed by atoms with Gasteiger partial charge in [-0.1, -0.05) is 35.9 Å². The second-order valence-electron chi connectivity index (χ2n) is 10.5. The summed E-state index contributed by atoms with van der Waals surface area (Å²) >= 11 is 6.05. The van der Waals surface area contributed by atoms with Crippen molar-refractivity contribution >= 4 is 23.6 Å². The quantitative estimate of drug-likeness (QED) is 0.363. The van der Waals surface area contributed by atoms with Crippen LogP contribution in [0.1, 0.15) is 61.0 Å². The number of likely N-dealkylation sites (tertiary alicyclic amines) is 1. The van der Waals surface area contributed by atoms with Crippen molar-refractivity contribution in [1.29, 1.82) is 0 Å². The summed E-state index contributed by atoms with van der Waals surface area (Å²) in [7, 11) is 0. The van der Waals surface area contributed by atoms with Gasteiger partial charge < -0.3 is 23.9 Å². The molecule has 1 aromatic heterocycles. The van der Waals surface area contributed by atoms with E-state index in [-0.39, 0.29) is 11.7 Å². The van der Waals surface area contributed by atoms with E-state index in [1.165, 1.54) is 5.56 Å². The number of aliphatic carboxylic acids is 1. The first-order valence-corrected chi connectivity index (χ1v) is 13.8. The van der Waals surface area contributed by atoms with Gasteiger partial charge in [0.2, 0.25) is 0 Å². The number of hydrogen-bond acceptors (Lipinski definition) is 6. The highest BCUT2D eigenvalue weighted by molar-refractivity contribution is 6.30. The maximum Gasteiger partial charge on any atom is 0.331 e. The standard InChI is InChI=1S/C30H32ClN3O5/c1-19(29(35)36)15-23-16-32-27(34(23)17-24-11-14-37-24)18-33-12-9-20(10-13-33)25-3-2-4-26-28(25)39-30(38-26)21-5-7-22(31)8-6-21/h2-8,15-16,20,24,30H,9-14,17-18H2,1H3,(H,35,36)/b19-15+/t24-,30+/m0/s1. The van der Waals surface area contributed by atoms with Crippen molar-refractivity contribution in [1.82, 2.24) is 14.5 Å². The number of imidazole rings is 1. The fraction of sp³-hybridized carbons (Fsp3) is 0.400. The molecule has 3 aromatic rings. The average molecular weight is 550 g/mol. The summed E-state index contributed by atoms with van der Waals surface area (Å²) in [6.45, 7) is 5.65. The fourth-order valence-electron chi connectivity index (χ4n) is 5.47. The lowest BCUT2D eigenvalue weighted by Gasteiger charge is -2.33.